The minimum absolute atomic E-state index is 0.310. The van der Waals surface area contributed by atoms with Gasteiger partial charge in [0.2, 0.25) is 0 Å². The average molecular weight is 254 g/mol. The van der Waals surface area contributed by atoms with Crippen molar-refractivity contribution < 1.29 is 5.11 Å². The number of aromatic nitrogens is 1. The number of nitrogens with zero attached hydrogens (tertiary/aromatic N) is 1. The summed E-state index contributed by atoms with van der Waals surface area (Å²) in [5, 5.41) is 17.5. The number of hydrogen-bond donors (Lipinski definition) is 2. The van der Waals surface area contributed by atoms with Gasteiger partial charge in [0.25, 0.3) is 0 Å². The zero-order valence-corrected chi connectivity index (χ0v) is 10.6. The lowest BCUT2D eigenvalue weighted by Crippen LogP contribution is -2.23. The molecule has 0 aliphatic heterocycles. The Hall–Kier alpha value is -0.750. The highest BCUT2D eigenvalue weighted by Crippen LogP contribution is 2.27. The molecule has 16 heavy (non-hydrogen) atoms. The second kappa shape index (κ2) is 5.54. The van der Waals surface area contributed by atoms with E-state index in [9.17, 15) is 0 Å². The van der Waals surface area contributed by atoms with E-state index >= 15 is 0 Å². The van der Waals surface area contributed by atoms with Crippen LogP contribution < -0.4 is 5.32 Å². The van der Waals surface area contributed by atoms with Crippen LogP contribution in [0.3, 0.4) is 0 Å². The first-order valence-electron chi connectivity index (χ1n) is 5.13. The van der Waals surface area contributed by atoms with Gasteiger partial charge in [0.15, 0.2) is 0 Å². The molecule has 0 spiro atoms. The molecular formula is C11H14N2OS2. The van der Waals surface area contributed by atoms with Crippen LogP contribution in [-0.4, -0.2) is 22.7 Å². The van der Waals surface area contributed by atoms with Crippen LogP contribution in [0.1, 0.15) is 12.6 Å². The molecule has 0 saturated heterocycles. The topological polar surface area (TPSA) is 45.1 Å². The lowest BCUT2D eigenvalue weighted by Gasteiger charge is -2.04. The summed E-state index contributed by atoms with van der Waals surface area (Å²) in [5.74, 6) is 0. The number of rotatable bonds is 5. The van der Waals surface area contributed by atoms with Gasteiger partial charge in [-0.15, -0.1) is 22.7 Å². The molecule has 86 valence electrons. The fourth-order valence-corrected chi connectivity index (χ4v) is 2.94. The Morgan fingerprint density at radius 3 is 3.06 bits per heavy atom. The van der Waals surface area contributed by atoms with Crippen molar-refractivity contribution in [3.8, 4) is 9.88 Å². The van der Waals surface area contributed by atoms with Crippen LogP contribution in [0.25, 0.3) is 9.88 Å². The molecule has 5 heteroatoms. The minimum Gasteiger partial charge on any atom is -0.392 e. The molecule has 2 heterocycles. The molecule has 0 unspecified atom stereocenters. The summed E-state index contributed by atoms with van der Waals surface area (Å²) < 4.78 is 0. The predicted octanol–water partition coefficient (Wildman–Crippen LogP) is 2.34. The molecule has 0 aromatic carbocycles. The number of thiophene rings is 1. The van der Waals surface area contributed by atoms with Crippen molar-refractivity contribution in [2.75, 3.05) is 6.54 Å². The Morgan fingerprint density at radius 2 is 2.38 bits per heavy atom. The molecule has 0 radical (unpaired) electrons. The van der Waals surface area contributed by atoms with Crippen molar-refractivity contribution in [3.63, 3.8) is 0 Å². The van der Waals surface area contributed by atoms with E-state index in [2.05, 4.69) is 27.1 Å². The number of hydrogen-bond acceptors (Lipinski definition) is 5. The number of nitrogens with one attached hydrogen (secondary N) is 1. The van der Waals surface area contributed by atoms with Crippen LogP contribution in [-0.2, 0) is 6.54 Å². The zero-order valence-electron chi connectivity index (χ0n) is 9.01. The van der Waals surface area contributed by atoms with Crippen LogP contribution in [0.4, 0.5) is 0 Å². The number of aliphatic hydroxyl groups excluding tert-OH is 1. The Balaban J connectivity index is 1.93. The monoisotopic (exact) mass is 254 g/mol. The summed E-state index contributed by atoms with van der Waals surface area (Å²) in [5.41, 5.74) is 1.04. The third kappa shape index (κ3) is 3.12. The third-order valence-electron chi connectivity index (χ3n) is 2.03. The molecule has 0 saturated carbocycles. The average Bonchev–Trinajstić information content (AvgIpc) is 2.85. The maximum Gasteiger partial charge on any atom is 0.133 e. The standard InChI is InChI=1S/C11H14N2OS2/c1-8(14)5-12-6-9-7-16-11(13-9)10-3-2-4-15-10/h2-4,7-8,12,14H,5-6H2,1H3/t8-/m0/s1. The molecule has 2 aromatic heterocycles. The highest BCUT2D eigenvalue weighted by molar-refractivity contribution is 7.20. The summed E-state index contributed by atoms with van der Waals surface area (Å²) in [6, 6.07) is 4.11. The van der Waals surface area contributed by atoms with E-state index in [-0.39, 0.29) is 6.10 Å². The van der Waals surface area contributed by atoms with E-state index in [0.29, 0.717) is 13.1 Å². The third-order valence-corrected chi connectivity index (χ3v) is 3.96. The van der Waals surface area contributed by atoms with Gasteiger partial charge in [-0.05, 0) is 18.4 Å². The molecule has 1 atom stereocenters. The lowest BCUT2D eigenvalue weighted by molar-refractivity contribution is 0.191. The molecular weight excluding hydrogens is 240 g/mol. The molecule has 0 bridgehead atoms. The van der Waals surface area contributed by atoms with Crippen molar-refractivity contribution in [2.24, 2.45) is 0 Å². The van der Waals surface area contributed by atoms with E-state index in [4.69, 9.17) is 5.11 Å². The quantitative estimate of drug-likeness (QED) is 0.861. The van der Waals surface area contributed by atoms with E-state index in [1.807, 2.05) is 6.07 Å². The molecule has 0 aliphatic rings. The van der Waals surface area contributed by atoms with E-state index in [0.717, 1.165) is 10.7 Å². The van der Waals surface area contributed by atoms with E-state index in [1.54, 1.807) is 29.6 Å². The first kappa shape index (κ1) is 11.7. The SMILES string of the molecule is C[C@H](O)CNCc1csc(-c2cccs2)n1. The van der Waals surface area contributed by atoms with Crippen LogP contribution in [0.15, 0.2) is 22.9 Å². The van der Waals surface area contributed by atoms with Crippen LogP contribution in [0, 0.1) is 0 Å². The zero-order chi connectivity index (χ0) is 11.4. The van der Waals surface area contributed by atoms with Gasteiger partial charge in [0.05, 0.1) is 16.7 Å². The van der Waals surface area contributed by atoms with E-state index in [1.165, 1.54) is 4.88 Å². The molecule has 2 aromatic rings. The van der Waals surface area contributed by atoms with Crippen molar-refractivity contribution in [1.82, 2.24) is 10.3 Å². The highest BCUT2D eigenvalue weighted by atomic mass is 32.1. The van der Waals surface area contributed by atoms with Gasteiger partial charge in [0.1, 0.15) is 5.01 Å². The number of thiazole rings is 1. The van der Waals surface area contributed by atoms with Gasteiger partial charge in [-0.2, -0.15) is 0 Å². The fraction of sp³-hybridized carbons (Fsp3) is 0.364. The van der Waals surface area contributed by atoms with Gasteiger partial charge < -0.3 is 10.4 Å². The van der Waals surface area contributed by atoms with Crippen LogP contribution in [0.5, 0.6) is 0 Å². The summed E-state index contributed by atoms with van der Waals surface area (Å²) in [7, 11) is 0. The first-order chi connectivity index (χ1) is 7.75. The summed E-state index contributed by atoms with van der Waals surface area (Å²) >= 11 is 3.37. The highest BCUT2D eigenvalue weighted by Gasteiger charge is 2.05. The van der Waals surface area contributed by atoms with Crippen LogP contribution >= 0.6 is 22.7 Å². The lowest BCUT2D eigenvalue weighted by atomic mass is 10.4. The minimum atomic E-state index is -0.310. The summed E-state index contributed by atoms with van der Waals surface area (Å²) in [4.78, 5) is 5.75. The predicted molar refractivity (Wildman–Crippen MR) is 68.8 cm³/mol. The molecule has 3 nitrogen and oxygen atoms in total. The Morgan fingerprint density at radius 1 is 1.50 bits per heavy atom. The van der Waals surface area contributed by atoms with Gasteiger partial charge in [0, 0.05) is 18.5 Å². The van der Waals surface area contributed by atoms with Crippen LogP contribution in [0.2, 0.25) is 0 Å². The van der Waals surface area contributed by atoms with E-state index < -0.39 is 0 Å². The smallest absolute Gasteiger partial charge is 0.133 e. The van der Waals surface area contributed by atoms with Crippen molar-refractivity contribution >= 4 is 22.7 Å². The molecule has 0 amide bonds. The Kier molecular flexibility index (Phi) is 4.06. The molecule has 2 N–H and O–H groups in total. The maximum absolute atomic E-state index is 9.11. The fourth-order valence-electron chi connectivity index (χ4n) is 1.31. The Labute approximate surface area is 103 Å². The summed E-state index contributed by atoms with van der Waals surface area (Å²) in [6.45, 7) is 3.09. The Bertz CT molecular complexity index is 423. The van der Waals surface area contributed by atoms with Gasteiger partial charge in [-0.25, -0.2) is 4.98 Å². The molecule has 2 rings (SSSR count). The molecule has 0 aliphatic carbocycles. The second-order valence-electron chi connectivity index (χ2n) is 3.60. The second-order valence-corrected chi connectivity index (χ2v) is 5.41. The van der Waals surface area contributed by atoms with Crippen molar-refractivity contribution in [1.29, 1.82) is 0 Å². The largest absolute Gasteiger partial charge is 0.392 e. The van der Waals surface area contributed by atoms with Crippen molar-refractivity contribution in [2.45, 2.75) is 19.6 Å². The van der Waals surface area contributed by atoms with Crippen molar-refractivity contribution in [3.05, 3.63) is 28.6 Å². The summed E-state index contributed by atoms with van der Waals surface area (Å²) in [6.07, 6.45) is -0.310. The first-order valence-corrected chi connectivity index (χ1v) is 6.88. The maximum atomic E-state index is 9.11. The number of aliphatic hydroxyl groups is 1. The van der Waals surface area contributed by atoms with Gasteiger partial charge in [-0.1, -0.05) is 6.07 Å². The van der Waals surface area contributed by atoms with Gasteiger partial charge >= 0.3 is 0 Å². The normalized spacial score (nSPS) is 12.9. The molecule has 0 fully saturated rings. The van der Waals surface area contributed by atoms with Gasteiger partial charge in [-0.3, -0.25) is 0 Å².